The Morgan fingerprint density at radius 1 is 1.47 bits per heavy atom. The van der Waals surface area contributed by atoms with Crippen molar-refractivity contribution >= 4 is 5.97 Å². The predicted octanol–water partition coefficient (Wildman–Crippen LogP) is 3.01. The van der Waals surface area contributed by atoms with Gasteiger partial charge in [0.1, 0.15) is 11.4 Å². The van der Waals surface area contributed by atoms with Gasteiger partial charge in [-0.1, -0.05) is 25.5 Å². The summed E-state index contributed by atoms with van der Waals surface area (Å²) in [6, 6.07) is 5.69. The molecular weight excluding hydrogens is 247 g/mol. The van der Waals surface area contributed by atoms with Crippen LogP contribution in [0, 0.1) is 11.7 Å². The highest BCUT2D eigenvalue weighted by Crippen LogP contribution is 2.33. The minimum Gasteiger partial charge on any atom is -0.466 e. The Labute approximate surface area is 113 Å². The summed E-state index contributed by atoms with van der Waals surface area (Å²) in [6.07, 6.45) is 1.22. The first-order valence-corrected chi connectivity index (χ1v) is 6.58. The molecule has 19 heavy (non-hydrogen) atoms. The molecule has 1 aromatic rings. The Morgan fingerprint density at radius 2 is 2.16 bits per heavy atom. The number of hydrogen-bond acceptors (Lipinski definition) is 3. The van der Waals surface area contributed by atoms with Crippen molar-refractivity contribution in [1.29, 1.82) is 0 Å². The standard InChI is InChI=1S/C15H21FO3/c1-4-7-13(14(17)19-5-2)15(3,18)11-8-6-9-12(16)10-11/h6,8-10,13,18H,4-5,7H2,1-3H3. The van der Waals surface area contributed by atoms with Crippen LogP contribution in [-0.2, 0) is 15.1 Å². The molecule has 0 spiro atoms. The number of ether oxygens (including phenoxy) is 1. The molecule has 1 aromatic carbocycles. The molecule has 0 amide bonds. The maximum absolute atomic E-state index is 13.3. The first-order valence-electron chi connectivity index (χ1n) is 6.58. The van der Waals surface area contributed by atoms with E-state index in [2.05, 4.69) is 0 Å². The third kappa shape index (κ3) is 3.77. The Kier molecular flexibility index (Phi) is 5.48. The van der Waals surface area contributed by atoms with Crippen LogP contribution >= 0.6 is 0 Å². The third-order valence-corrected chi connectivity index (χ3v) is 3.24. The second-order valence-electron chi connectivity index (χ2n) is 4.75. The quantitative estimate of drug-likeness (QED) is 0.807. The van der Waals surface area contributed by atoms with E-state index in [1.807, 2.05) is 6.92 Å². The van der Waals surface area contributed by atoms with Crippen LogP contribution in [0.5, 0.6) is 0 Å². The van der Waals surface area contributed by atoms with E-state index in [1.54, 1.807) is 13.0 Å². The lowest BCUT2D eigenvalue weighted by Crippen LogP contribution is -2.38. The molecular formula is C15H21FO3. The lowest BCUT2D eigenvalue weighted by Gasteiger charge is -2.31. The van der Waals surface area contributed by atoms with Crippen LogP contribution in [0.1, 0.15) is 39.2 Å². The highest BCUT2D eigenvalue weighted by Gasteiger charge is 2.39. The molecule has 106 valence electrons. The minimum atomic E-state index is -1.44. The first-order chi connectivity index (χ1) is 8.93. The Bertz CT molecular complexity index is 429. The number of halogens is 1. The zero-order valence-corrected chi connectivity index (χ0v) is 11.6. The van der Waals surface area contributed by atoms with E-state index in [1.165, 1.54) is 25.1 Å². The Balaban J connectivity index is 3.08. The van der Waals surface area contributed by atoms with E-state index in [0.717, 1.165) is 6.42 Å². The monoisotopic (exact) mass is 268 g/mol. The van der Waals surface area contributed by atoms with Gasteiger partial charge in [0.15, 0.2) is 0 Å². The average molecular weight is 268 g/mol. The van der Waals surface area contributed by atoms with Gasteiger partial charge in [0, 0.05) is 0 Å². The van der Waals surface area contributed by atoms with Crippen LogP contribution in [0.15, 0.2) is 24.3 Å². The molecule has 0 bridgehead atoms. The van der Waals surface area contributed by atoms with Crippen LogP contribution in [-0.4, -0.2) is 17.7 Å². The van der Waals surface area contributed by atoms with Gasteiger partial charge in [0.2, 0.25) is 0 Å². The van der Waals surface area contributed by atoms with Crippen molar-refractivity contribution in [3.8, 4) is 0 Å². The lowest BCUT2D eigenvalue weighted by atomic mass is 9.80. The van der Waals surface area contributed by atoms with E-state index in [4.69, 9.17) is 4.74 Å². The fraction of sp³-hybridized carbons (Fsp3) is 0.533. The normalized spacial score (nSPS) is 15.6. The summed E-state index contributed by atoms with van der Waals surface area (Å²) >= 11 is 0. The highest BCUT2D eigenvalue weighted by molar-refractivity contribution is 5.74. The van der Waals surface area contributed by atoms with Crippen molar-refractivity contribution in [2.24, 2.45) is 5.92 Å². The molecule has 2 atom stereocenters. The summed E-state index contributed by atoms with van der Waals surface area (Å²) in [7, 11) is 0. The minimum absolute atomic E-state index is 0.262. The van der Waals surface area contributed by atoms with Crippen LogP contribution in [0.3, 0.4) is 0 Å². The molecule has 0 heterocycles. The molecule has 1 N–H and O–H groups in total. The molecule has 0 aromatic heterocycles. The van der Waals surface area contributed by atoms with Crippen molar-refractivity contribution in [2.75, 3.05) is 6.61 Å². The number of benzene rings is 1. The van der Waals surface area contributed by atoms with Crippen LogP contribution < -0.4 is 0 Å². The maximum atomic E-state index is 13.3. The van der Waals surface area contributed by atoms with Crippen molar-refractivity contribution in [3.05, 3.63) is 35.6 Å². The van der Waals surface area contributed by atoms with E-state index < -0.39 is 23.3 Å². The molecule has 0 fully saturated rings. The largest absolute Gasteiger partial charge is 0.466 e. The number of carbonyl (C=O) groups is 1. The Hall–Kier alpha value is -1.42. The molecule has 0 aliphatic carbocycles. The lowest BCUT2D eigenvalue weighted by molar-refractivity contribution is -0.158. The average Bonchev–Trinajstić information content (AvgIpc) is 2.36. The molecule has 0 aliphatic rings. The van der Waals surface area contributed by atoms with Gasteiger partial charge in [0.05, 0.1) is 12.5 Å². The van der Waals surface area contributed by atoms with Gasteiger partial charge in [-0.3, -0.25) is 4.79 Å². The molecule has 0 saturated heterocycles. The molecule has 0 aliphatic heterocycles. The zero-order chi connectivity index (χ0) is 14.5. The van der Waals surface area contributed by atoms with Gasteiger partial charge in [-0.15, -0.1) is 0 Å². The van der Waals surface area contributed by atoms with E-state index >= 15 is 0 Å². The van der Waals surface area contributed by atoms with Crippen molar-refractivity contribution in [2.45, 2.75) is 39.2 Å². The third-order valence-electron chi connectivity index (χ3n) is 3.24. The smallest absolute Gasteiger partial charge is 0.312 e. The van der Waals surface area contributed by atoms with Crippen LogP contribution in [0.4, 0.5) is 4.39 Å². The summed E-state index contributed by atoms with van der Waals surface area (Å²) in [5.41, 5.74) is -1.05. The van der Waals surface area contributed by atoms with Crippen molar-refractivity contribution in [3.63, 3.8) is 0 Å². The molecule has 3 nitrogen and oxygen atoms in total. The highest BCUT2D eigenvalue weighted by atomic mass is 19.1. The first kappa shape index (κ1) is 15.6. The van der Waals surface area contributed by atoms with E-state index in [9.17, 15) is 14.3 Å². The van der Waals surface area contributed by atoms with Gasteiger partial charge < -0.3 is 9.84 Å². The van der Waals surface area contributed by atoms with Crippen molar-refractivity contribution < 1.29 is 19.0 Å². The molecule has 2 unspecified atom stereocenters. The van der Waals surface area contributed by atoms with Gasteiger partial charge in [-0.25, -0.2) is 4.39 Å². The molecule has 4 heteroatoms. The number of aliphatic hydroxyl groups is 1. The van der Waals surface area contributed by atoms with Crippen molar-refractivity contribution in [1.82, 2.24) is 0 Å². The van der Waals surface area contributed by atoms with Crippen LogP contribution in [0.2, 0.25) is 0 Å². The fourth-order valence-electron chi connectivity index (χ4n) is 2.16. The van der Waals surface area contributed by atoms with Gasteiger partial charge in [-0.2, -0.15) is 0 Å². The van der Waals surface area contributed by atoms with Crippen LogP contribution in [0.25, 0.3) is 0 Å². The Morgan fingerprint density at radius 3 is 2.68 bits per heavy atom. The topological polar surface area (TPSA) is 46.5 Å². The SMILES string of the molecule is CCCC(C(=O)OCC)C(C)(O)c1cccc(F)c1. The molecule has 1 rings (SSSR count). The summed E-state index contributed by atoms with van der Waals surface area (Å²) in [4.78, 5) is 12.0. The number of rotatable bonds is 6. The molecule has 0 radical (unpaired) electrons. The van der Waals surface area contributed by atoms with Gasteiger partial charge in [-0.05, 0) is 38.0 Å². The zero-order valence-electron chi connectivity index (χ0n) is 11.6. The summed E-state index contributed by atoms with van der Waals surface area (Å²) in [5.74, 6) is -1.57. The second kappa shape index (κ2) is 6.66. The predicted molar refractivity (Wildman–Crippen MR) is 71.0 cm³/mol. The maximum Gasteiger partial charge on any atom is 0.312 e. The summed E-state index contributed by atoms with van der Waals surface area (Å²) in [5, 5.41) is 10.6. The van der Waals surface area contributed by atoms with E-state index in [-0.39, 0.29) is 6.61 Å². The van der Waals surface area contributed by atoms with Gasteiger partial charge in [0.25, 0.3) is 0 Å². The fourth-order valence-corrected chi connectivity index (χ4v) is 2.16. The number of esters is 1. The second-order valence-corrected chi connectivity index (χ2v) is 4.75. The summed E-state index contributed by atoms with van der Waals surface area (Å²) < 4.78 is 18.3. The van der Waals surface area contributed by atoms with E-state index in [0.29, 0.717) is 12.0 Å². The molecule has 0 saturated carbocycles. The van der Waals surface area contributed by atoms with Gasteiger partial charge >= 0.3 is 5.97 Å². The number of hydrogen-bond donors (Lipinski definition) is 1. The number of carbonyl (C=O) groups excluding carboxylic acids is 1. The summed E-state index contributed by atoms with van der Waals surface area (Å²) in [6.45, 7) is 5.43.